The van der Waals surface area contributed by atoms with Gasteiger partial charge in [-0.1, -0.05) is 6.07 Å². The number of ether oxygens (including phenoxy) is 2. The van der Waals surface area contributed by atoms with Crippen LogP contribution in [0.4, 0.5) is 5.69 Å². The van der Waals surface area contributed by atoms with Crippen molar-refractivity contribution in [2.75, 3.05) is 5.32 Å². The lowest BCUT2D eigenvalue weighted by molar-refractivity contribution is -0.145. The Balaban J connectivity index is 1.26. The van der Waals surface area contributed by atoms with E-state index in [0.29, 0.717) is 11.4 Å². The number of aryl methyl sites for hydroxylation is 2. The molecule has 2 bridgehead atoms. The summed E-state index contributed by atoms with van der Waals surface area (Å²) in [5, 5.41) is 2.98. The fourth-order valence-corrected chi connectivity index (χ4v) is 5.32. The van der Waals surface area contributed by atoms with Crippen LogP contribution in [0.1, 0.15) is 24.0 Å². The summed E-state index contributed by atoms with van der Waals surface area (Å²) in [4.78, 5) is 24.9. The number of esters is 1. The molecule has 1 heterocycles. The molecule has 28 heavy (non-hydrogen) atoms. The minimum Gasteiger partial charge on any atom is -0.462 e. The van der Waals surface area contributed by atoms with E-state index in [-0.39, 0.29) is 41.7 Å². The van der Waals surface area contributed by atoms with Crippen LogP contribution < -0.4 is 10.1 Å². The molecule has 2 aliphatic carbocycles. The van der Waals surface area contributed by atoms with Crippen LogP contribution in [0, 0.1) is 37.5 Å². The molecule has 0 unspecified atom stereocenters. The van der Waals surface area contributed by atoms with E-state index in [4.69, 9.17) is 9.47 Å². The van der Waals surface area contributed by atoms with Gasteiger partial charge in [-0.2, -0.15) is 0 Å². The van der Waals surface area contributed by atoms with Crippen LogP contribution in [0.2, 0.25) is 0 Å². The highest BCUT2D eigenvalue weighted by Gasteiger charge is 2.63. The quantitative estimate of drug-likeness (QED) is 0.810. The maximum absolute atomic E-state index is 12.8. The van der Waals surface area contributed by atoms with E-state index in [1.54, 1.807) is 0 Å². The van der Waals surface area contributed by atoms with Crippen molar-refractivity contribution in [3.8, 4) is 11.5 Å². The smallest absolute Gasteiger partial charge is 0.310 e. The number of fused-ring (bicyclic) bond motifs is 1. The number of hydrogen-bond acceptors (Lipinski definition) is 4. The Morgan fingerprint density at radius 2 is 1.75 bits per heavy atom. The molecule has 1 amide bonds. The molecule has 5 atom stereocenters. The molecule has 0 radical (unpaired) electrons. The fourth-order valence-electron chi connectivity index (χ4n) is 5.32. The van der Waals surface area contributed by atoms with Gasteiger partial charge in [-0.15, -0.1) is 0 Å². The van der Waals surface area contributed by atoms with Crippen LogP contribution in [0.15, 0.2) is 42.5 Å². The molecule has 0 aromatic heterocycles. The molecule has 144 valence electrons. The molecule has 2 aromatic rings. The van der Waals surface area contributed by atoms with E-state index < -0.39 is 0 Å². The lowest BCUT2D eigenvalue weighted by atomic mass is 9.79. The van der Waals surface area contributed by atoms with Crippen molar-refractivity contribution in [3.63, 3.8) is 0 Å². The zero-order valence-corrected chi connectivity index (χ0v) is 16.0. The summed E-state index contributed by atoms with van der Waals surface area (Å²) >= 11 is 0. The summed E-state index contributed by atoms with van der Waals surface area (Å²) < 4.78 is 11.3. The molecule has 5 rings (SSSR count). The van der Waals surface area contributed by atoms with Gasteiger partial charge in [0, 0.05) is 11.6 Å². The van der Waals surface area contributed by atoms with Crippen LogP contribution in [-0.4, -0.2) is 18.0 Å². The second-order valence-corrected chi connectivity index (χ2v) is 8.36. The molecular formula is C23H23NO4. The van der Waals surface area contributed by atoms with Gasteiger partial charge in [0.25, 0.3) is 0 Å². The van der Waals surface area contributed by atoms with E-state index in [0.717, 1.165) is 29.7 Å². The number of hydrogen-bond donors (Lipinski definition) is 1. The van der Waals surface area contributed by atoms with E-state index in [1.165, 1.54) is 0 Å². The van der Waals surface area contributed by atoms with E-state index in [2.05, 4.69) is 11.4 Å². The number of amides is 1. The molecule has 3 aliphatic rings. The van der Waals surface area contributed by atoms with Gasteiger partial charge in [0.05, 0.1) is 11.8 Å². The van der Waals surface area contributed by atoms with Crippen molar-refractivity contribution in [2.45, 2.75) is 32.8 Å². The van der Waals surface area contributed by atoms with Crippen molar-refractivity contribution in [3.05, 3.63) is 53.6 Å². The first kappa shape index (κ1) is 17.3. The van der Waals surface area contributed by atoms with Crippen LogP contribution in [0.5, 0.6) is 11.5 Å². The third-order valence-electron chi connectivity index (χ3n) is 6.34. The van der Waals surface area contributed by atoms with Crippen molar-refractivity contribution >= 4 is 17.6 Å². The molecule has 1 N–H and O–H groups in total. The molecule has 2 aromatic carbocycles. The average Bonchev–Trinajstić information content (AvgIpc) is 3.25. The Morgan fingerprint density at radius 1 is 1.04 bits per heavy atom. The second-order valence-electron chi connectivity index (χ2n) is 8.36. The van der Waals surface area contributed by atoms with Crippen molar-refractivity contribution in [2.24, 2.45) is 23.7 Å². The number of rotatable bonds is 4. The lowest BCUT2D eigenvalue weighted by Crippen LogP contribution is -2.35. The molecule has 0 spiro atoms. The van der Waals surface area contributed by atoms with Crippen molar-refractivity contribution in [1.29, 1.82) is 0 Å². The first-order valence-corrected chi connectivity index (χ1v) is 9.85. The van der Waals surface area contributed by atoms with Gasteiger partial charge in [-0.3, -0.25) is 9.59 Å². The summed E-state index contributed by atoms with van der Waals surface area (Å²) in [5.74, 6) is 1.24. The zero-order chi connectivity index (χ0) is 19.4. The van der Waals surface area contributed by atoms with Crippen LogP contribution >= 0.6 is 0 Å². The Bertz CT molecular complexity index is 929. The first-order valence-electron chi connectivity index (χ1n) is 9.85. The number of benzene rings is 2. The van der Waals surface area contributed by atoms with Gasteiger partial charge in [0.1, 0.15) is 17.6 Å². The van der Waals surface area contributed by atoms with Gasteiger partial charge in [-0.05, 0) is 80.1 Å². The van der Waals surface area contributed by atoms with E-state index in [1.807, 2.05) is 50.2 Å². The van der Waals surface area contributed by atoms with Gasteiger partial charge in [0.2, 0.25) is 5.91 Å². The SMILES string of the molecule is Cc1cc(C)cc(Oc2ccc(NC(=O)[C@H]3[C@H]4C[C@@H]5[C@@H]3C(=O)O[C@@H]5C4)cc2)c1. The highest BCUT2D eigenvalue weighted by molar-refractivity contribution is 5.97. The molecule has 5 heteroatoms. The summed E-state index contributed by atoms with van der Waals surface area (Å²) in [6.07, 6.45) is 1.81. The molecular weight excluding hydrogens is 354 g/mol. The van der Waals surface area contributed by atoms with Crippen molar-refractivity contribution < 1.29 is 19.1 Å². The first-order chi connectivity index (χ1) is 13.5. The third-order valence-corrected chi connectivity index (χ3v) is 6.34. The average molecular weight is 377 g/mol. The summed E-state index contributed by atoms with van der Waals surface area (Å²) in [7, 11) is 0. The minimum absolute atomic E-state index is 0.0493. The summed E-state index contributed by atoms with van der Waals surface area (Å²) in [6.45, 7) is 4.08. The molecule has 1 aliphatic heterocycles. The monoisotopic (exact) mass is 377 g/mol. The molecule has 2 saturated carbocycles. The predicted octanol–water partition coefficient (Wildman–Crippen LogP) is 4.23. The largest absolute Gasteiger partial charge is 0.462 e. The van der Waals surface area contributed by atoms with Crippen LogP contribution in [0.25, 0.3) is 0 Å². The Hall–Kier alpha value is -2.82. The lowest BCUT2D eigenvalue weighted by Gasteiger charge is -2.23. The molecule has 5 nitrogen and oxygen atoms in total. The summed E-state index contributed by atoms with van der Waals surface area (Å²) in [5.41, 5.74) is 3.01. The standard InChI is InChI=1S/C23H23NO4/c1-12-7-13(2)9-17(8-12)27-16-5-3-15(4-6-16)24-22(25)20-14-10-18-19(11-14)28-23(26)21(18)20/h3-9,14,18-21H,10-11H2,1-2H3,(H,24,25)/t14-,18-,19+,20-,21-/m0/s1. The molecule has 3 fully saturated rings. The number of nitrogens with one attached hydrogen (secondary N) is 1. The Morgan fingerprint density at radius 3 is 2.46 bits per heavy atom. The maximum Gasteiger partial charge on any atom is 0.310 e. The molecule has 1 saturated heterocycles. The van der Waals surface area contributed by atoms with Gasteiger partial charge < -0.3 is 14.8 Å². The second kappa shape index (κ2) is 6.36. The van der Waals surface area contributed by atoms with Crippen LogP contribution in [0.3, 0.4) is 0 Å². The maximum atomic E-state index is 12.8. The third kappa shape index (κ3) is 2.86. The van der Waals surface area contributed by atoms with Gasteiger partial charge in [-0.25, -0.2) is 0 Å². The van der Waals surface area contributed by atoms with Gasteiger partial charge >= 0.3 is 5.97 Å². The van der Waals surface area contributed by atoms with E-state index >= 15 is 0 Å². The Kier molecular flexibility index (Phi) is 3.93. The zero-order valence-electron chi connectivity index (χ0n) is 16.0. The predicted molar refractivity (Wildman–Crippen MR) is 104 cm³/mol. The normalized spacial score (nSPS) is 29.6. The van der Waals surface area contributed by atoms with Gasteiger partial charge in [0.15, 0.2) is 0 Å². The number of anilines is 1. The summed E-state index contributed by atoms with van der Waals surface area (Å²) in [6, 6.07) is 13.4. The highest BCUT2D eigenvalue weighted by atomic mass is 16.6. The fraction of sp³-hybridized carbons (Fsp3) is 0.391. The minimum atomic E-state index is -0.262. The topological polar surface area (TPSA) is 64.6 Å². The van der Waals surface area contributed by atoms with Crippen molar-refractivity contribution in [1.82, 2.24) is 0 Å². The Labute approximate surface area is 164 Å². The van der Waals surface area contributed by atoms with Crippen LogP contribution in [-0.2, 0) is 14.3 Å². The number of carbonyl (C=O) groups is 2. The highest BCUT2D eigenvalue weighted by Crippen LogP contribution is 2.57. The number of carbonyl (C=O) groups excluding carboxylic acids is 2. The van der Waals surface area contributed by atoms with E-state index in [9.17, 15) is 9.59 Å².